The third-order valence-corrected chi connectivity index (χ3v) is 4.58. The summed E-state index contributed by atoms with van der Waals surface area (Å²) in [4.78, 5) is 16.6. The minimum atomic E-state index is -0.358. The molecule has 1 aliphatic heterocycles. The second kappa shape index (κ2) is 10.4. The van der Waals surface area contributed by atoms with E-state index in [1.807, 2.05) is 15.4 Å². The Balaban J connectivity index is 0.00000150. The first-order valence-corrected chi connectivity index (χ1v) is 9.03. The van der Waals surface area contributed by atoms with Crippen LogP contribution in [0.4, 0.5) is 4.39 Å². The molecule has 156 valence electrons. The van der Waals surface area contributed by atoms with E-state index < -0.39 is 0 Å². The number of hydrogen-bond acceptors (Lipinski definition) is 4. The Kier molecular flexibility index (Phi) is 8.19. The van der Waals surface area contributed by atoms with Gasteiger partial charge in [0.2, 0.25) is 0 Å². The summed E-state index contributed by atoms with van der Waals surface area (Å²) in [7, 11) is 0. The lowest BCUT2D eigenvalue weighted by Crippen LogP contribution is -2.27. The van der Waals surface area contributed by atoms with Crippen LogP contribution in [0.3, 0.4) is 0 Å². The highest BCUT2D eigenvalue weighted by atomic mass is 35.5. The highest BCUT2D eigenvalue weighted by molar-refractivity contribution is 5.94. The third kappa shape index (κ3) is 5.35. The molecule has 3 aromatic rings. The number of rotatable bonds is 5. The fourth-order valence-electron chi connectivity index (χ4n) is 3.19. The molecule has 4 rings (SSSR count). The minimum Gasteiger partial charge on any atom is -0.350 e. The van der Waals surface area contributed by atoms with Gasteiger partial charge in [0, 0.05) is 44.1 Å². The average Bonchev–Trinajstić information content (AvgIpc) is 3.24. The molecule has 0 atom stereocenters. The quantitative estimate of drug-likeness (QED) is 0.639. The fourth-order valence-corrected chi connectivity index (χ4v) is 3.19. The number of carbonyl (C=O) groups excluding carboxylic acids is 1. The second-order valence-electron chi connectivity index (χ2n) is 6.48. The van der Waals surface area contributed by atoms with Gasteiger partial charge >= 0.3 is 0 Å². The zero-order valence-electron chi connectivity index (χ0n) is 15.7. The van der Waals surface area contributed by atoms with Gasteiger partial charge in [-0.25, -0.2) is 9.37 Å². The highest BCUT2D eigenvalue weighted by Crippen LogP contribution is 2.19. The molecule has 7 nitrogen and oxygen atoms in total. The van der Waals surface area contributed by atoms with Crippen molar-refractivity contribution < 1.29 is 9.18 Å². The van der Waals surface area contributed by atoms with Crippen LogP contribution in [0.25, 0.3) is 11.5 Å². The Morgan fingerprint density at radius 1 is 1.24 bits per heavy atom. The van der Waals surface area contributed by atoms with Crippen molar-refractivity contribution in [3.8, 4) is 11.5 Å². The van der Waals surface area contributed by atoms with Gasteiger partial charge in [0.15, 0.2) is 5.82 Å². The van der Waals surface area contributed by atoms with E-state index in [-0.39, 0.29) is 36.5 Å². The molecule has 0 aliphatic carbocycles. The Labute approximate surface area is 180 Å². The Morgan fingerprint density at radius 3 is 2.83 bits per heavy atom. The number of aryl methyl sites for hydroxylation is 1. The molecule has 2 N–H and O–H groups in total. The van der Waals surface area contributed by atoms with E-state index in [0.29, 0.717) is 18.7 Å². The van der Waals surface area contributed by atoms with Crippen molar-refractivity contribution in [1.29, 1.82) is 0 Å². The van der Waals surface area contributed by atoms with Gasteiger partial charge in [0.25, 0.3) is 5.91 Å². The lowest BCUT2D eigenvalue weighted by Gasteiger charge is -2.08. The predicted molar refractivity (Wildman–Crippen MR) is 113 cm³/mol. The van der Waals surface area contributed by atoms with E-state index in [9.17, 15) is 9.18 Å². The van der Waals surface area contributed by atoms with Crippen molar-refractivity contribution in [2.75, 3.05) is 13.1 Å². The molecule has 0 saturated carbocycles. The second-order valence-corrected chi connectivity index (χ2v) is 6.48. The summed E-state index contributed by atoms with van der Waals surface area (Å²) in [5.74, 6) is 0.200. The molecule has 0 fully saturated rings. The van der Waals surface area contributed by atoms with Crippen LogP contribution >= 0.6 is 24.8 Å². The number of aromatic nitrogens is 4. The van der Waals surface area contributed by atoms with E-state index in [0.717, 1.165) is 43.3 Å². The van der Waals surface area contributed by atoms with Crippen molar-refractivity contribution in [1.82, 2.24) is 30.0 Å². The van der Waals surface area contributed by atoms with E-state index in [2.05, 4.69) is 26.8 Å². The minimum absolute atomic E-state index is 0. The molecule has 1 aromatic carbocycles. The molecule has 10 heteroatoms. The number of nitrogens with one attached hydrogen (secondary N) is 2. The van der Waals surface area contributed by atoms with E-state index in [4.69, 9.17) is 0 Å². The third-order valence-electron chi connectivity index (χ3n) is 4.58. The molecule has 0 bridgehead atoms. The number of imidazole rings is 1. The molecule has 29 heavy (non-hydrogen) atoms. The maximum atomic E-state index is 12.9. The van der Waals surface area contributed by atoms with Gasteiger partial charge < -0.3 is 15.2 Å². The Hall–Kier alpha value is -2.42. The van der Waals surface area contributed by atoms with Crippen molar-refractivity contribution in [2.45, 2.75) is 26.1 Å². The molecule has 0 spiro atoms. The summed E-state index contributed by atoms with van der Waals surface area (Å²) in [6, 6.07) is 7.56. The molecule has 0 saturated heterocycles. The largest absolute Gasteiger partial charge is 0.350 e. The Bertz CT molecular complexity index is 917. The lowest BCUT2D eigenvalue weighted by atomic mass is 10.2. The van der Waals surface area contributed by atoms with Crippen LogP contribution in [0.15, 0.2) is 42.7 Å². The van der Waals surface area contributed by atoms with Crippen LogP contribution in [0.2, 0.25) is 0 Å². The summed E-state index contributed by atoms with van der Waals surface area (Å²) in [5.41, 5.74) is 2.43. The standard InChI is InChI=1S/C19H21FN6O.2ClH/c20-15-4-2-14(3-5-15)19(27)23-8-11-25-10-7-22-18(25)17-12-16-13-21-6-1-9-26(16)24-17;;/h2-5,7,10,12,21H,1,6,8-9,11,13H2,(H,23,27);2*1H. The number of benzene rings is 1. The molecule has 3 heterocycles. The lowest BCUT2D eigenvalue weighted by molar-refractivity contribution is 0.0952. The summed E-state index contributed by atoms with van der Waals surface area (Å²) >= 11 is 0. The molecular weight excluding hydrogens is 418 g/mol. The van der Waals surface area contributed by atoms with Crippen molar-refractivity contribution in [3.63, 3.8) is 0 Å². The van der Waals surface area contributed by atoms with Gasteiger partial charge in [-0.05, 0) is 43.3 Å². The predicted octanol–water partition coefficient (Wildman–Crippen LogP) is 2.65. The van der Waals surface area contributed by atoms with Gasteiger partial charge in [-0.2, -0.15) is 5.10 Å². The van der Waals surface area contributed by atoms with Crippen molar-refractivity contribution >= 4 is 30.7 Å². The monoisotopic (exact) mass is 440 g/mol. The number of carbonyl (C=O) groups is 1. The summed E-state index contributed by atoms with van der Waals surface area (Å²) in [6.45, 7) is 3.72. The van der Waals surface area contributed by atoms with Crippen LogP contribution in [-0.2, 0) is 19.6 Å². The zero-order valence-corrected chi connectivity index (χ0v) is 17.3. The van der Waals surface area contributed by atoms with Gasteiger partial charge in [-0.15, -0.1) is 24.8 Å². The number of halogens is 3. The summed E-state index contributed by atoms with van der Waals surface area (Å²) in [6.07, 6.45) is 4.67. The van der Waals surface area contributed by atoms with E-state index in [1.165, 1.54) is 24.3 Å². The topological polar surface area (TPSA) is 76.8 Å². The van der Waals surface area contributed by atoms with Crippen LogP contribution in [0.1, 0.15) is 22.5 Å². The molecule has 0 radical (unpaired) electrons. The fraction of sp³-hybridized carbons (Fsp3) is 0.316. The first-order valence-electron chi connectivity index (χ1n) is 9.03. The van der Waals surface area contributed by atoms with Gasteiger partial charge in [-0.3, -0.25) is 9.48 Å². The average molecular weight is 441 g/mol. The number of fused-ring (bicyclic) bond motifs is 1. The van der Waals surface area contributed by atoms with Crippen LogP contribution < -0.4 is 10.6 Å². The molecule has 1 amide bonds. The van der Waals surface area contributed by atoms with Crippen LogP contribution in [-0.4, -0.2) is 38.3 Å². The van der Waals surface area contributed by atoms with Gasteiger partial charge in [-0.1, -0.05) is 0 Å². The van der Waals surface area contributed by atoms with Gasteiger partial charge in [0.1, 0.15) is 11.5 Å². The Morgan fingerprint density at radius 2 is 2.03 bits per heavy atom. The molecular formula is C19H23Cl2FN6O. The molecule has 1 aliphatic rings. The summed E-state index contributed by atoms with van der Waals surface area (Å²) in [5, 5.41) is 10.9. The van der Waals surface area contributed by atoms with E-state index >= 15 is 0 Å². The maximum Gasteiger partial charge on any atom is 0.251 e. The van der Waals surface area contributed by atoms with Crippen molar-refractivity contribution in [2.24, 2.45) is 0 Å². The normalized spacial score (nSPS) is 12.9. The SMILES string of the molecule is Cl.Cl.O=C(NCCn1ccnc1-c1cc2n(n1)CCCNC2)c1ccc(F)cc1. The zero-order chi connectivity index (χ0) is 18.6. The van der Waals surface area contributed by atoms with Crippen LogP contribution in [0.5, 0.6) is 0 Å². The molecule has 2 aromatic heterocycles. The first kappa shape index (κ1) is 22.9. The summed E-state index contributed by atoms with van der Waals surface area (Å²) < 4.78 is 17.0. The smallest absolute Gasteiger partial charge is 0.251 e. The highest BCUT2D eigenvalue weighted by Gasteiger charge is 2.15. The van der Waals surface area contributed by atoms with Crippen LogP contribution in [0, 0.1) is 5.82 Å². The first-order chi connectivity index (χ1) is 13.2. The van der Waals surface area contributed by atoms with Crippen molar-refractivity contribution in [3.05, 3.63) is 59.8 Å². The number of nitrogens with zero attached hydrogens (tertiary/aromatic N) is 4. The number of amides is 1. The number of hydrogen-bond donors (Lipinski definition) is 2. The molecule has 0 unspecified atom stereocenters. The van der Waals surface area contributed by atoms with Gasteiger partial charge in [0.05, 0.1) is 5.69 Å². The maximum absolute atomic E-state index is 12.9. The van der Waals surface area contributed by atoms with E-state index in [1.54, 1.807) is 6.20 Å².